The number of carbonyl (C=O) groups is 1. The molecule has 1 aromatic heterocycles. The molecule has 1 heterocycles. The summed E-state index contributed by atoms with van der Waals surface area (Å²) < 4.78 is 0. The first-order valence-electron chi connectivity index (χ1n) is 5.97. The number of benzene rings is 1. The molecule has 20 heavy (non-hydrogen) atoms. The quantitative estimate of drug-likeness (QED) is 0.929. The molecule has 106 valence electrons. The number of thiophene rings is 1. The van der Waals surface area contributed by atoms with E-state index in [1.165, 1.54) is 11.3 Å². The molecular formula is C14H14Cl2N2OS. The van der Waals surface area contributed by atoms with Crippen LogP contribution >= 0.6 is 34.5 Å². The van der Waals surface area contributed by atoms with E-state index in [1.54, 1.807) is 24.1 Å². The minimum atomic E-state index is -0.622. The van der Waals surface area contributed by atoms with Gasteiger partial charge in [0.15, 0.2) is 0 Å². The lowest BCUT2D eigenvalue weighted by molar-refractivity contribution is -0.131. The topological polar surface area (TPSA) is 46.3 Å². The van der Waals surface area contributed by atoms with Crippen LogP contribution in [0.2, 0.25) is 10.0 Å². The van der Waals surface area contributed by atoms with Crippen molar-refractivity contribution in [3.63, 3.8) is 0 Å². The molecule has 1 amide bonds. The van der Waals surface area contributed by atoms with Crippen LogP contribution in [0.1, 0.15) is 16.5 Å². The first-order valence-corrected chi connectivity index (χ1v) is 7.60. The minimum absolute atomic E-state index is 0.126. The van der Waals surface area contributed by atoms with E-state index in [-0.39, 0.29) is 5.91 Å². The molecule has 0 saturated heterocycles. The fourth-order valence-electron chi connectivity index (χ4n) is 1.82. The molecule has 1 aromatic carbocycles. The molecule has 2 N–H and O–H groups in total. The normalized spacial score (nSPS) is 12.2. The Bertz CT molecular complexity index is 601. The maximum Gasteiger partial charge on any atom is 0.244 e. The van der Waals surface area contributed by atoms with E-state index >= 15 is 0 Å². The number of nitrogens with zero attached hydrogens (tertiary/aromatic N) is 1. The van der Waals surface area contributed by atoms with Gasteiger partial charge in [-0.15, -0.1) is 11.3 Å². The zero-order valence-corrected chi connectivity index (χ0v) is 13.2. The number of rotatable bonds is 4. The van der Waals surface area contributed by atoms with E-state index in [4.69, 9.17) is 28.9 Å². The third-order valence-corrected chi connectivity index (χ3v) is 4.59. The number of amides is 1. The average Bonchev–Trinajstić information content (AvgIpc) is 2.95. The molecule has 6 heteroatoms. The van der Waals surface area contributed by atoms with E-state index in [9.17, 15) is 4.79 Å². The van der Waals surface area contributed by atoms with Crippen LogP contribution in [0.25, 0.3) is 0 Å². The van der Waals surface area contributed by atoms with Crippen LogP contribution in [0.3, 0.4) is 0 Å². The summed E-state index contributed by atoms with van der Waals surface area (Å²) in [7, 11) is 1.72. The highest BCUT2D eigenvalue weighted by atomic mass is 35.5. The van der Waals surface area contributed by atoms with Crippen LogP contribution in [-0.2, 0) is 11.3 Å². The van der Waals surface area contributed by atoms with Gasteiger partial charge in [-0.2, -0.15) is 0 Å². The molecule has 0 bridgehead atoms. The smallest absolute Gasteiger partial charge is 0.244 e. The number of carbonyl (C=O) groups excluding carboxylic acids is 1. The van der Waals surface area contributed by atoms with Gasteiger partial charge >= 0.3 is 0 Å². The first-order chi connectivity index (χ1) is 9.49. The van der Waals surface area contributed by atoms with Crippen molar-refractivity contribution in [3.05, 3.63) is 56.2 Å². The molecule has 0 aliphatic rings. The lowest BCUT2D eigenvalue weighted by Gasteiger charge is -2.21. The monoisotopic (exact) mass is 328 g/mol. The van der Waals surface area contributed by atoms with Crippen LogP contribution in [0.15, 0.2) is 35.7 Å². The van der Waals surface area contributed by atoms with Crippen LogP contribution in [-0.4, -0.2) is 17.9 Å². The molecule has 2 rings (SSSR count). The molecule has 0 saturated carbocycles. The molecule has 1 atom stereocenters. The summed E-state index contributed by atoms with van der Waals surface area (Å²) in [6, 6.07) is 8.44. The predicted octanol–water partition coefficient (Wildman–Crippen LogP) is 3.71. The Morgan fingerprint density at radius 1 is 1.35 bits per heavy atom. The zero-order valence-electron chi connectivity index (χ0n) is 10.8. The lowest BCUT2D eigenvalue weighted by atomic mass is 10.2. The van der Waals surface area contributed by atoms with Gasteiger partial charge in [0.1, 0.15) is 6.04 Å². The third-order valence-electron chi connectivity index (χ3n) is 2.90. The second-order valence-corrected chi connectivity index (χ2v) is 6.23. The van der Waals surface area contributed by atoms with Crippen molar-refractivity contribution in [1.29, 1.82) is 0 Å². The van der Waals surface area contributed by atoms with Gasteiger partial charge in [-0.05, 0) is 29.1 Å². The van der Waals surface area contributed by atoms with Crippen LogP contribution < -0.4 is 5.73 Å². The molecular weight excluding hydrogens is 315 g/mol. The van der Waals surface area contributed by atoms with Crippen LogP contribution in [0.5, 0.6) is 0 Å². The Morgan fingerprint density at radius 3 is 2.70 bits per heavy atom. The van der Waals surface area contributed by atoms with Crippen molar-refractivity contribution in [2.75, 3.05) is 7.05 Å². The number of halogens is 2. The second-order valence-electron chi connectivity index (χ2n) is 4.44. The lowest BCUT2D eigenvalue weighted by Crippen LogP contribution is -2.35. The Morgan fingerprint density at radius 2 is 2.10 bits per heavy atom. The van der Waals surface area contributed by atoms with Crippen molar-refractivity contribution in [1.82, 2.24) is 4.90 Å². The molecule has 0 radical (unpaired) electrons. The van der Waals surface area contributed by atoms with Gasteiger partial charge in [0.05, 0.1) is 10.0 Å². The van der Waals surface area contributed by atoms with Gasteiger partial charge < -0.3 is 10.6 Å². The Labute approximate surface area is 131 Å². The summed E-state index contributed by atoms with van der Waals surface area (Å²) in [5, 5.41) is 2.88. The first kappa shape index (κ1) is 15.3. The third kappa shape index (κ3) is 3.52. The van der Waals surface area contributed by atoms with Gasteiger partial charge in [-0.1, -0.05) is 35.3 Å². The van der Waals surface area contributed by atoms with Gasteiger partial charge in [0, 0.05) is 18.5 Å². The number of hydrogen-bond donors (Lipinski definition) is 1. The predicted molar refractivity (Wildman–Crippen MR) is 84.2 cm³/mol. The number of hydrogen-bond acceptors (Lipinski definition) is 3. The highest BCUT2D eigenvalue weighted by Gasteiger charge is 2.20. The van der Waals surface area contributed by atoms with Crippen molar-refractivity contribution < 1.29 is 4.79 Å². The Kier molecular flexibility index (Phi) is 5.05. The summed E-state index contributed by atoms with van der Waals surface area (Å²) in [6.45, 7) is 0.439. The SMILES string of the molecule is CN(Cc1ccc(Cl)c(Cl)c1)C(=O)C(N)c1cccs1. The van der Waals surface area contributed by atoms with Crippen molar-refractivity contribution >= 4 is 40.4 Å². The summed E-state index contributed by atoms with van der Waals surface area (Å²) >= 11 is 13.3. The molecule has 0 fully saturated rings. The summed E-state index contributed by atoms with van der Waals surface area (Å²) in [5.41, 5.74) is 6.87. The molecule has 2 aromatic rings. The van der Waals surface area contributed by atoms with Crippen LogP contribution in [0.4, 0.5) is 0 Å². The summed E-state index contributed by atoms with van der Waals surface area (Å²) in [5.74, 6) is -0.126. The zero-order chi connectivity index (χ0) is 14.7. The van der Waals surface area contributed by atoms with Crippen LogP contribution in [0, 0.1) is 0 Å². The van der Waals surface area contributed by atoms with Gasteiger partial charge in [-0.3, -0.25) is 4.79 Å². The fraction of sp³-hybridized carbons (Fsp3) is 0.214. The maximum absolute atomic E-state index is 12.2. The van der Waals surface area contributed by atoms with Crippen molar-refractivity contribution in [2.45, 2.75) is 12.6 Å². The van der Waals surface area contributed by atoms with E-state index in [2.05, 4.69) is 0 Å². The largest absolute Gasteiger partial charge is 0.340 e. The Balaban J connectivity index is 2.05. The molecule has 0 aliphatic heterocycles. The summed E-state index contributed by atoms with van der Waals surface area (Å²) in [4.78, 5) is 14.7. The highest BCUT2D eigenvalue weighted by Crippen LogP contribution is 2.24. The van der Waals surface area contributed by atoms with E-state index in [0.717, 1.165) is 10.4 Å². The second kappa shape index (κ2) is 6.59. The van der Waals surface area contributed by atoms with E-state index in [1.807, 2.05) is 23.6 Å². The van der Waals surface area contributed by atoms with Gasteiger partial charge in [0.25, 0.3) is 0 Å². The Hall–Kier alpha value is -1.07. The van der Waals surface area contributed by atoms with Crippen molar-refractivity contribution in [2.24, 2.45) is 5.73 Å². The van der Waals surface area contributed by atoms with Crippen molar-refractivity contribution in [3.8, 4) is 0 Å². The maximum atomic E-state index is 12.2. The molecule has 1 unspecified atom stereocenters. The minimum Gasteiger partial charge on any atom is -0.340 e. The fourth-order valence-corrected chi connectivity index (χ4v) is 2.86. The van der Waals surface area contributed by atoms with E-state index < -0.39 is 6.04 Å². The molecule has 0 spiro atoms. The average molecular weight is 329 g/mol. The van der Waals surface area contributed by atoms with Gasteiger partial charge in [-0.25, -0.2) is 0 Å². The standard InChI is InChI=1S/C14H14Cl2N2OS/c1-18(8-9-4-5-10(15)11(16)7-9)14(19)13(17)12-3-2-6-20-12/h2-7,13H,8,17H2,1H3. The highest BCUT2D eigenvalue weighted by molar-refractivity contribution is 7.10. The van der Waals surface area contributed by atoms with Gasteiger partial charge in [0.2, 0.25) is 5.91 Å². The molecule has 3 nitrogen and oxygen atoms in total. The number of nitrogens with two attached hydrogens (primary N) is 1. The number of likely N-dealkylation sites (N-methyl/N-ethyl adjacent to an activating group) is 1. The molecule has 0 aliphatic carbocycles. The van der Waals surface area contributed by atoms with E-state index in [0.29, 0.717) is 16.6 Å². The summed E-state index contributed by atoms with van der Waals surface area (Å²) in [6.07, 6.45) is 0.